The lowest BCUT2D eigenvalue weighted by molar-refractivity contribution is -0.137. The molecule has 178 valence electrons. The molecular weight excluding hydrogens is 467 g/mol. The van der Waals surface area contributed by atoms with Crippen molar-refractivity contribution in [3.8, 4) is 16.3 Å². The van der Waals surface area contributed by atoms with Gasteiger partial charge in [0.1, 0.15) is 23.1 Å². The molecular formula is C24H22F3N3O3S. The van der Waals surface area contributed by atoms with Crippen molar-refractivity contribution in [1.82, 2.24) is 14.8 Å². The van der Waals surface area contributed by atoms with E-state index in [1.165, 1.54) is 30.4 Å². The molecule has 1 fully saturated rings. The molecule has 0 N–H and O–H groups in total. The van der Waals surface area contributed by atoms with Crippen LogP contribution in [0.2, 0.25) is 0 Å². The van der Waals surface area contributed by atoms with Crippen LogP contribution < -0.4 is 4.74 Å². The molecule has 0 unspecified atom stereocenters. The summed E-state index contributed by atoms with van der Waals surface area (Å²) < 4.78 is 43.6. The van der Waals surface area contributed by atoms with Crippen LogP contribution in [0.25, 0.3) is 10.6 Å². The minimum atomic E-state index is -4.36. The molecule has 1 aliphatic heterocycles. The maximum absolute atomic E-state index is 12.8. The monoisotopic (exact) mass is 489 g/mol. The van der Waals surface area contributed by atoms with Gasteiger partial charge in [-0.3, -0.25) is 9.59 Å². The van der Waals surface area contributed by atoms with Crippen LogP contribution in [0.1, 0.15) is 28.5 Å². The highest BCUT2D eigenvalue weighted by atomic mass is 32.1. The van der Waals surface area contributed by atoms with E-state index in [9.17, 15) is 22.8 Å². The molecule has 1 aliphatic rings. The quantitative estimate of drug-likeness (QED) is 0.521. The largest absolute Gasteiger partial charge is 0.489 e. The zero-order chi connectivity index (χ0) is 24.3. The summed E-state index contributed by atoms with van der Waals surface area (Å²) in [4.78, 5) is 32.1. The van der Waals surface area contributed by atoms with E-state index < -0.39 is 11.7 Å². The van der Waals surface area contributed by atoms with Gasteiger partial charge >= 0.3 is 6.18 Å². The molecule has 2 amide bonds. The predicted octanol–water partition coefficient (Wildman–Crippen LogP) is 4.71. The van der Waals surface area contributed by atoms with Crippen molar-refractivity contribution in [3.63, 3.8) is 0 Å². The van der Waals surface area contributed by atoms with E-state index in [1.807, 2.05) is 12.1 Å². The number of rotatable bonds is 5. The number of piperazine rings is 1. The molecule has 3 aromatic rings. The van der Waals surface area contributed by atoms with E-state index in [-0.39, 0.29) is 18.4 Å². The van der Waals surface area contributed by atoms with Crippen LogP contribution in [-0.2, 0) is 17.6 Å². The fourth-order valence-electron chi connectivity index (χ4n) is 3.54. The molecule has 34 heavy (non-hydrogen) atoms. The summed E-state index contributed by atoms with van der Waals surface area (Å²) >= 11 is 1.36. The van der Waals surface area contributed by atoms with E-state index in [0.29, 0.717) is 48.2 Å². The van der Waals surface area contributed by atoms with Gasteiger partial charge in [-0.2, -0.15) is 13.2 Å². The number of carbonyl (C=O) groups excluding carboxylic acids is 2. The van der Waals surface area contributed by atoms with Gasteiger partial charge in [-0.05, 0) is 42.0 Å². The Morgan fingerprint density at radius 2 is 1.59 bits per heavy atom. The number of carbonyl (C=O) groups is 2. The minimum Gasteiger partial charge on any atom is -0.489 e. The third-order valence-electron chi connectivity index (χ3n) is 5.52. The van der Waals surface area contributed by atoms with Gasteiger partial charge in [0.2, 0.25) is 5.91 Å². The standard InChI is InChI=1S/C24H22F3N3O3S/c1-16(31)29-10-12-30(13-11-29)23(32)21-15-34-22(28-21)18-4-8-20(9-5-18)33-14-17-2-6-19(7-3-17)24(25,26)27/h2-9,15H,10-14H2,1H3. The van der Waals surface area contributed by atoms with Gasteiger partial charge in [0, 0.05) is 44.0 Å². The molecule has 1 saturated heterocycles. The maximum atomic E-state index is 12.8. The third kappa shape index (κ3) is 5.56. The predicted molar refractivity (Wildman–Crippen MR) is 121 cm³/mol. The first-order chi connectivity index (χ1) is 16.2. The summed E-state index contributed by atoms with van der Waals surface area (Å²) in [5, 5.41) is 2.42. The number of aromatic nitrogens is 1. The van der Waals surface area contributed by atoms with Gasteiger partial charge in [-0.1, -0.05) is 12.1 Å². The Kier molecular flexibility index (Phi) is 6.87. The van der Waals surface area contributed by atoms with Crippen LogP contribution in [0.5, 0.6) is 5.75 Å². The zero-order valence-electron chi connectivity index (χ0n) is 18.3. The zero-order valence-corrected chi connectivity index (χ0v) is 19.2. The molecule has 0 spiro atoms. The topological polar surface area (TPSA) is 62.7 Å². The number of ether oxygens (including phenoxy) is 1. The summed E-state index contributed by atoms with van der Waals surface area (Å²) in [6.45, 7) is 3.67. The lowest BCUT2D eigenvalue weighted by Gasteiger charge is -2.33. The Morgan fingerprint density at radius 3 is 2.18 bits per heavy atom. The van der Waals surface area contributed by atoms with Crippen molar-refractivity contribution in [2.45, 2.75) is 19.7 Å². The molecule has 0 radical (unpaired) electrons. The van der Waals surface area contributed by atoms with Crippen LogP contribution in [0, 0.1) is 0 Å². The highest BCUT2D eigenvalue weighted by Crippen LogP contribution is 2.30. The maximum Gasteiger partial charge on any atom is 0.416 e. The SMILES string of the molecule is CC(=O)N1CCN(C(=O)c2csc(-c3ccc(OCc4ccc(C(F)(F)F)cc4)cc3)n2)CC1. The second-order valence-corrected chi connectivity index (χ2v) is 8.70. The lowest BCUT2D eigenvalue weighted by atomic mass is 10.1. The summed E-state index contributed by atoms with van der Waals surface area (Å²) in [5.74, 6) is 0.428. The molecule has 0 bridgehead atoms. The number of halogens is 3. The van der Waals surface area contributed by atoms with Gasteiger partial charge in [0.15, 0.2) is 0 Å². The molecule has 0 atom stereocenters. The Hall–Kier alpha value is -3.40. The summed E-state index contributed by atoms with van der Waals surface area (Å²) in [6.07, 6.45) is -4.36. The molecule has 10 heteroatoms. The van der Waals surface area contributed by atoms with Gasteiger partial charge in [-0.15, -0.1) is 11.3 Å². The Bertz CT molecular complexity index is 1150. The molecule has 2 heterocycles. The first-order valence-corrected chi connectivity index (χ1v) is 11.5. The van der Waals surface area contributed by atoms with Crippen molar-refractivity contribution in [3.05, 3.63) is 70.7 Å². The normalized spacial score (nSPS) is 14.2. The van der Waals surface area contributed by atoms with E-state index in [2.05, 4.69) is 4.98 Å². The highest BCUT2D eigenvalue weighted by Gasteiger charge is 2.30. The van der Waals surface area contributed by atoms with Gasteiger partial charge < -0.3 is 14.5 Å². The molecule has 4 rings (SSSR count). The van der Waals surface area contributed by atoms with Crippen molar-refractivity contribution >= 4 is 23.2 Å². The summed E-state index contributed by atoms with van der Waals surface area (Å²) in [5.41, 5.74) is 1.13. The van der Waals surface area contributed by atoms with E-state index in [4.69, 9.17) is 4.74 Å². The number of thiazole rings is 1. The fourth-order valence-corrected chi connectivity index (χ4v) is 4.34. The molecule has 2 aromatic carbocycles. The van der Waals surface area contributed by atoms with E-state index >= 15 is 0 Å². The second-order valence-electron chi connectivity index (χ2n) is 7.84. The Balaban J connectivity index is 1.34. The molecule has 1 aromatic heterocycles. The highest BCUT2D eigenvalue weighted by molar-refractivity contribution is 7.13. The summed E-state index contributed by atoms with van der Waals surface area (Å²) in [6, 6.07) is 12.0. The average molecular weight is 490 g/mol. The molecule has 6 nitrogen and oxygen atoms in total. The minimum absolute atomic E-state index is 0.00910. The molecule has 0 saturated carbocycles. The van der Waals surface area contributed by atoms with Gasteiger partial charge in [-0.25, -0.2) is 4.98 Å². The van der Waals surface area contributed by atoms with Crippen LogP contribution in [0.15, 0.2) is 53.9 Å². The molecule has 0 aliphatic carbocycles. The van der Waals surface area contributed by atoms with E-state index in [0.717, 1.165) is 17.7 Å². The summed E-state index contributed by atoms with van der Waals surface area (Å²) in [7, 11) is 0. The van der Waals surface area contributed by atoms with Crippen molar-refractivity contribution in [2.75, 3.05) is 26.2 Å². The van der Waals surface area contributed by atoms with Crippen molar-refractivity contribution in [2.24, 2.45) is 0 Å². The van der Waals surface area contributed by atoms with Crippen LogP contribution in [-0.4, -0.2) is 52.8 Å². The van der Waals surface area contributed by atoms with Crippen LogP contribution >= 0.6 is 11.3 Å². The van der Waals surface area contributed by atoms with Crippen molar-refractivity contribution < 1.29 is 27.5 Å². The number of benzene rings is 2. The van der Waals surface area contributed by atoms with E-state index in [1.54, 1.807) is 27.3 Å². The Labute approximate surface area is 198 Å². The number of alkyl halides is 3. The van der Waals surface area contributed by atoms with Gasteiger partial charge in [0.25, 0.3) is 5.91 Å². The average Bonchev–Trinajstić information content (AvgIpc) is 3.33. The van der Waals surface area contributed by atoms with Crippen LogP contribution in [0.3, 0.4) is 0 Å². The van der Waals surface area contributed by atoms with Crippen LogP contribution in [0.4, 0.5) is 13.2 Å². The number of amides is 2. The second kappa shape index (κ2) is 9.84. The lowest BCUT2D eigenvalue weighted by Crippen LogP contribution is -2.50. The van der Waals surface area contributed by atoms with Crippen molar-refractivity contribution in [1.29, 1.82) is 0 Å². The smallest absolute Gasteiger partial charge is 0.416 e. The Morgan fingerprint density at radius 1 is 0.971 bits per heavy atom. The number of hydrogen-bond donors (Lipinski definition) is 0. The first kappa shape index (κ1) is 23.7. The first-order valence-electron chi connectivity index (χ1n) is 10.6. The van der Waals surface area contributed by atoms with Gasteiger partial charge in [0.05, 0.1) is 5.56 Å². The number of nitrogens with zero attached hydrogens (tertiary/aromatic N) is 3. The third-order valence-corrected chi connectivity index (χ3v) is 6.41. The number of hydrogen-bond acceptors (Lipinski definition) is 5. The fraction of sp³-hybridized carbons (Fsp3) is 0.292.